The number of carbonyl (C=O) groups is 1. The van der Waals surface area contributed by atoms with Crippen molar-refractivity contribution in [3.63, 3.8) is 0 Å². The minimum absolute atomic E-state index is 0.102. The lowest BCUT2D eigenvalue weighted by Crippen LogP contribution is -2.44. The second-order valence-corrected chi connectivity index (χ2v) is 8.44. The van der Waals surface area contributed by atoms with E-state index in [1.54, 1.807) is 0 Å². The molecule has 1 atom stereocenters. The molecule has 7 heteroatoms. The van der Waals surface area contributed by atoms with E-state index in [1.165, 1.54) is 11.6 Å². The van der Waals surface area contributed by atoms with E-state index in [0.717, 1.165) is 21.3 Å². The van der Waals surface area contributed by atoms with Gasteiger partial charge in [0.2, 0.25) is 0 Å². The number of nitrogen functional groups attached to an aromatic ring is 1. The zero-order chi connectivity index (χ0) is 24.8. The normalized spacial score (nSPS) is 11.8. The van der Waals surface area contributed by atoms with Crippen molar-refractivity contribution in [3.8, 4) is 0 Å². The highest BCUT2D eigenvalue weighted by Gasteiger charge is 2.23. The zero-order valence-corrected chi connectivity index (χ0v) is 19.6. The molecule has 3 aromatic carbocycles. The summed E-state index contributed by atoms with van der Waals surface area (Å²) in [6, 6.07) is 28.9. The molecule has 3 N–H and O–H groups in total. The topological polar surface area (TPSA) is 99.1 Å². The van der Waals surface area contributed by atoms with Crippen molar-refractivity contribution in [2.45, 2.75) is 19.0 Å². The molecule has 0 fully saturated rings. The van der Waals surface area contributed by atoms with Crippen LogP contribution in [0.25, 0.3) is 0 Å². The number of hydrogen-bond donors (Lipinski definition) is 2. The number of nitrogens with two attached hydrogens (primary N) is 1. The molecule has 1 heterocycles. The predicted octanol–water partition coefficient (Wildman–Crippen LogP) is 2.93. The summed E-state index contributed by atoms with van der Waals surface area (Å²) >= 11 is 0. The SMILES string of the molecule is Cn1c(=O)c(C(=O)CNC(Cc2ccccc2)c2ccccc2)c(N)n(Cc2ccccc2)c1=O. The first kappa shape index (κ1) is 23.9. The number of nitrogens with zero attached hydrogens (tertiary/aromatic N) is 2. The number of hydrogen-bond acceptors (Lipinski definition) is 5. The van der Waals surface area contributed by atoms with Gasteiger partial charge in [-0.3, -0.25) is 18.7 Å². The Morgan fingerprint density at radius 3 is 2.00 bits per heavy atom. The number of ketones is 1. The summed E-state index contributed by atoms with van der Waals surface area (Å²) in [5.41, 5.74) is 7.79. The van der Waals surface area contributed by atoms with Crippen molar-refractivity contribution < 1.29 is 4.79 Å². The maximum Gasteiger partial charge on any atom is 0.332 e. The molecule has 0 radical (unpaired) electrons. The summed E-state index contributed by atoms with van der Waals surface area (Å²) in [4.78, 5) is 38.9. The number of benzene rings is 3. The molecule has 0 aliphatic carbocycles. The van der Waals surface area contributed by atoms with Gasteiger partial charge >= 0.3 is 5.69 Å². The van der Waals surface area contributed by atoms with Crippen molar-refractivity contribution in [2.75, 3.05) is 12.3 Å². The molecule has 0 aliphatic heterocycles. The first-order valence-corrected chi connectivity index (χ1v) is 11.4. The molecule has 0 amide bonds. The Balaban J connectivity index is 1.62. The van der Waals surface area contributed by atoms with Crippen LogP contribution in [0.2, 0.25) is 0 Å². The van der Waals surface area contributed by atoms with E-state index in [9.17, 15) is 14.4 Å². The second kappa shape index (κ2) is 10.8. The third-order valence-corrected chi connectivity index (χ3v) is 6.04. The Hall–Kier alpha value is -4.23. The first-order valence-electron chi connectivity index (χ1n) is 11.4. The molecule has 4 rings (SSSR count). The lowest BCUT2D eigenvalue weighted by molar-refractivity contribution is 0.0985. The minimum Gasteiger partial charge on any atom is -0.384 e. The molecular formula is C28H28N4O3. The van der Waals surface area contributed by atoms with E-state index in [-0.39, 0.29) is 30.5 Å². The van der Waals surface area contributed by atoms with Crippen molar-refractivity contribution in [2.24, 2.45) is 7.05 Å². The van der Waals surface area contributed by atoms with E-state index in [1.807, 2.05) is 91.0 Å². The molecule has 0 spiro atoms. The van der Waals surface area contributed by atoms with E-state index in [0.29, 0.717) is 6.42 Å². The molecular weight excluding hydrogens is 440 g/mol. The fourth-order valence-electron chi connectivity index (χ4n) is 4.11. The molecule has 0 aliphatic rings. The number of Topliss-reactive ketones (excluding diaryl/α,β-unsaturated/α-hetero) is 1. The summed E-state index contributed by atoms with van der Waals surface area (Å²) in [6.45, 7) is 0.0589. The summed E-state index contributed by atoms with van der Waals surface area (Å²) in [7, 11) is 1.36. The van der Waals surface area contributed by atoms with E-state index < -0.39 is 17.0 Å². The zero-order valence-electron chi connectivity index (χ0n) is 19.6. The van der Waals surface area contributed by atoms with Crippen LogP contribution in [0.5, 0.6) is 0 Å². The van der Waals surface area contributed by atoms with Crippen molar-refractivity contribution in [1.29, 1.82) is 0 Å². The number of rotatable bonds is 9. The van der Waals surface area contributed by atoms with E-state index in [2.05, 4.69) is 5.32 Å². The number of nitrogens with one attached hydrogen (secondary N) is 1. The van der Waals surface area contributed by atoms with Gasteiger partial charge in [0.25, 0.3) is 5.56 Å². The Bertz CT molecular complexity index is 1410. The number of carbonyl (C=O) groups excluding carboxylic acids is 1. The van der Waals surface area contributed by atoms with Gasteiger partial charge in [0.05, 0.1) is 13.1 Å². The van der Waals surface area contributed by atoms with Crippen molar-refractivity contribution in [1.82, 2.24) is 14.5 Å². The highest BCUT2D eigenvalue weighted by molar-refractivity contribution is 6.01. The summed E-state index contributed by atoms with van der Waals surface area (Å²) in [5, 5.41) is 3.30. The van der Waals surface area contributed by atoms with Crippen LogP contribution in [-0.4, -0.2) is 21.5 Å². The third-order valence-electron chi connectivity index (χ3n) is 6.04. The van der Waals surface area contributed by atoms with Gasteiger partial charge < -0.3 is 11.1 Å². The van der Waals surface area contributed by atoms with E-state index >= 15 is 0 Å². The van der Waals surface area contributed by atoms with Gasteiger partial charge in [-0.1, -0.05) is 91.0 Å². The molecule has 35 heavy (non-hydrogen) atoms. The lowest BCUT2D eigenvalue weighted by atomic mass is 9.98. The Morgan fingerprint density at radius 1 is 0.857 bits per heavy atom. The predicted molar refractivity (Wildman–Crippen MR) is 138 cm³/mol. The summed E-state index contributed by atoms with van der Waals surface area (Å²) in [6.07, 6.45) is 0.666. The molecule has 1 aromatic heterocycles. The van der Waals surface area contributed by atoms with Crippen LogP contribution in [0.4, 0.5) is 5.82 Å². The maximum absolute atomic E-state index is 13.3. The average molecular weight is 469 g/mol. The standard InChI is InChI=1S/C28H28N4O3/c1-31-27(34)25(26(29)32(28(31)35)19-21-13-7-3-8-14-21)24(33)18-30-23(22-15-9-4-10-16-22)17-20-11-5-2-6-12-20/h2-16,23,30H,17-19,29H2,1H3. The maximum atomic E-state index is 13.3. The Kier molecular flexibility index (Phi) is 7.38. The van der Waals surface area contributed by atoms with Gasteiger partial charge in [-0.05, 0) is 23.1 Å². The Labute approximate surface area is 203 Å². The first-order chi connectivity index (χ1) is 17.0. The molecule has 178 valence electrons. The molecule has 4 aromatic rings. The third kappa shape index (κ3) is 5.47. The van der Waals surface area contributed by atoms with Crippen molar-refractivity contribution >= 4 is 11.6 Å². The van der Waals surface area contributed by atoms with Gasteiger partial charge in [0.1, 0.15) is 11.4 Å². The van der Waals surface area contributed by atoms with E-state index in [4.69, 9.17) is 5.73 Å². The summed E-state index contributed by atoms with van der Waals surface area (Å²) in [5.74, 6) is -0.577. The second-order valence-electron chi connectivity index (χ2n) is 8.44. The van der Waals surface area contributed by atoms with Crippen LogP contribution in [0.3, 0.4) is 0 Å². The van der Waals surface area contributed by atoms with Crippen LogP contribution >= 0.6 is 0 Å². The molecule has 0 saturated carbocycles. The number of aromatic nitrogens is 2. The number of anilines is 1. The van der Waals surface area contributed by atoms with Gasteiger partial charge in [-0.25, -0.2) is 4.79 Å². The van der Waals surface area contributed by atoms with Crippen LogP contribution in [0.15, 0.2) is 101 Å². The van der Waals surface area contributed by atoms with Gasteiger partial charge in [-0.15, -0.1) is 0 Å². The molecule has 1 unspecified atom stereocenters. The lowest BCUT2D eigenvalue weighted by Gasteiger charge is -2.20. The van der Waals surface area contributed by atoms with Gasteiger partial charge in [0, 0.05) is 13.1 Å². The Morgan fingerprint density at radius 2 is 1.40 bits per heavy atom. The fourth-order valence-corrected chi connectivity index (χ4v) is 4.11. The largest absolute Gasteiger partial charge is 0.384 e. The van der Waals surface area contributed by atoms with Crippen LogP contribution in [0, 0.1) is 0 Å². The van der Waals surface area contributed by atoms with Gasteiger partial charge in [0.15, 0.2) is 5.78 Å². The highest BCUT2D eigenvalue weighted by atomic mass is 16.2. The van der Waals surface area contributed by atoms with Gasteiger partial charge in [-0.2, -0.15) is 0 Å². The average Bonchev–Trinajstić information content (AvgIpc) is 2.89. The minimum atomic E-state index is -0.692. The quantitative estimate of drug-likeness (QED) is 0.368. The highest BCUT2D eigenvalue weighted by Crippen LogP contribution is 2.19. The summed E-state index contributed by atoms with van der Waals surface area (Å²) < 4.78 is 2.20. The monoisotopic (exact) mass is 468 g/mol. The molecule has 0 bridgehead atoms. The van der Waals surface area contributed by atoms with Crippen LogP contribution < -0.4 is 22.3 Å². The van der Waals surface area contributed by atoms with Crippen LogP contribution in [0.1, 0.15) is 33.1 Å². The van der Waals surface area contributed by atoms with Crippen LogP contribution in [-0.2, 0) is 20.0 Å². The molecule has 0 saturated heterocycles. The fraction of sp³-hybridized carbons (Fsp3) is 0.179. The molecule has 7 nitrogen and oxygen atoms in total. The smallest absolute Gasteiger partial charge is 0.332 e. The van der Waals surface area contributed by atoms with Crippen molar-refractivity contribution in [3.05, 3.63) is 134 Å².